The molecule has 11 heteroatoms. The normalized spacial score (nSPS) is 17.3. The first-order valence-corrected chi connectivity index (χ1v) is 14.1. The molecule has 0 spiro atoms. The maximum Gasteiger partial charge on any atom is 0.275 e. The molecule has 1 amide bonds. The molecular formula is C20H32N2O6PS2-. The fourth-order valence-corrected chi connectivity index (χ4v) is 8.97. The lowest BCUT2D eigenvalue weighted by Gasteiger charge is -2.36. The first kappa shape index (κ1) is 26.2. The van der Waals surface area contributed by atoms with Crippen molar-refractivity contribution >= 4 is 35.5 Å². The van der Waals surface area contributed by atoms with E-state index in [4.69, 9.17) is 25.6 Å². The molecule has 2 atom stereocenters. The number of fused-ring (bicyclic) bond motifs is 1. The number of hydrogen-bond acceptors (Lipinski definition) is 7. The number of carboxylic acid groups (broad SMARTS) is 1. The second-order valence-electron chi connectivity index (χ2n) is 8.19. The lowest BCUT2D eigenvalue weighted by atomic mass is 10.0. The van der Waals surface area contributed by atoms with Crippen LogP contribution >= 0.6 is 6.64 Å². The zero-order valence-electron chi connectivity index (χ0n) is 18.9. The molecule has 1 aliphatic rings. The van der Waals surface area contributed by atoms with E-state index in [9.17, 15) is 14.1 Å². The number of ether oxygens (including phenoxy) is 1. The highest BCUT2D eigenvalue weighted by atomic mass is 32.5. The van der Waals surface area contributed by atoms with Crippen molar-refractivity contribution < 1.29 is 27.9 Å². The fraction of sp³-hybridized carbons (Fsp3) is 0.650. The molecule has 0 bridgehead atoms. The Balaban J connectivity index is 2.57. The lowest BCUT2D eigenvalue weighted by Crippen LogP contribution is -2.44. The molecule has 1 heterocycles. The molecule has 0 radical (unpaired) electrons. The maximum atomic E-state index is 13.9. The fourth-order valence-electron chi connectivity index (χ4n) is 3.39. The summed E-state index contributed by atoms with van der Waals surface area (Å²) in [7, 11) is -1.96. The Hall–Kier alpha value is -1.03. The Morgan fingerprint density at radius 3 is 2.48 bits per heavy atom. The van der Waals surface area contributed by atoms with Crippen molar-refractivity contribution in [1.82, 2.24) is 9.39 Å². The van der Waals surface area contributed by atoms with Gasteiger partial charge in [0.25, 0.3) is 6.64 Å². The van der Waals surface area contributed by atoms with Gasteiger partial charge < -0.3 is 29.0 Å². The minimum absolute atomic E-state index is 0.0764. The molecule has 0 fully saturated rings. The Morgan fingerprint density at radius 2 is 1.97 bits per heavy atom. The van der Waals surface area contributed by atoms with Crippen molar-refractivity contribution in [3.8, 4) is 5.75 Å². The molecule has 0 aliphatic carbocycles. The molecule has 176 valence electrons. The third-order valence-electron chi connectivity index (χ3n) is 4.44. The topological polar surface area (TPSA) is 100 Å². The Kier molecular flexibility index (Phi) is 9.07. The van der Waals surface area contributed by atoms with E-state index in [1.54, 1.807) is 26.0 Å². The number of nitrogens with zero attached hydrogens (tertiary/aromatic N) is 1. The number of para-hydroxylation sites is 1. The van der Waals surface area contributed by atoms with Gasteiger partial charge in [-0.15, -0.1) is 4.08 Å². The number of carbonyl (C=O) groups is 1. The van der Waals surface area contributed by atoms with Crippen LogP contribution in [0.1, 0.15) is 58.0 Å². The van der Waals surface area contributed by atoms with E-state index in [0.29, 0.717) is 24.3 Å². The van der Waals surface area contributed by atoms with Gasteiger partial charge in [0, 0.05) is 18.5 Å². The SMILES string of the molecule is CCOP(=S)(OCC)N(CC(C)C)S(=O)C(NC(=O)[O-])c1cccc2c1OC(C)(C)C2. The number of amides is 1. The summed E-state index contributed by atoms with van der Waals surface area (Å²) in [4.78, 5) is 11.6. The summed E-state index contributed by atoms with van der Waals surface area (Å²) in [5, 5.41) is 12.7. The molecule has 8 nitrogen and oxygen atoms in total. The summed E-state index contributed by atoms with van der Waals surface area (Å²) in [5.74, 6) is 0.609. The highest BCUT2D eigenvalue weighted by Crippen LogP contribution is 2.55. The van der Waals surface area contributed by atoms with Crippen LogP contribution in [0.2, 0.25) is 0 Å². The van der Waals surface area contributed by atoms with E-state index >= 15 is 0 Å². The van der Waals surface area contributed by atoms with E-state index in [-0.39, 0.29) is 19.1 Å². The van der Waals surface area contributed by atoms with Gasteiger partial charge in [-0.05, 0) is 51.0 Å². The first-order valence-electron chi connectivity index (χ1n) is 10.3. The van der Waals surface area contributed by atoms with Crippen molar-refractivity contribution in [2.75, 3.05) is 19.8 Å². The molecule has 1 aromatic rings. The monoisotopic (exact) mass is 491 g/mol. The van der Waals surface area contributed by atoms with E-state index in [0.717, 1.165) is 5.56 Å². The van der Waals surface area contributed by atoms with E-state index in [1.807, 2.05) is 33.8 Å². The second kappa shape index (κ2) is 10.7. The van der Waals surface area contributed by atoms with Gasteiger partial charge in [0.1, 0.15) is 33.8 Å². The third-order valence-corrected chi connectivity index (χ3v) is 10.3. The molecule has 0 aromatic heterocycles. The highest BCUT2D eigenvalue weighted by molar-refractivity contribution is 8.12. The number of hydrogen-bond donors (Lipinski definition) is 1. The van der Waals surface area contributed by atoms with Crippen LogP contribution in [0.3, 0.4) is 0 Å². The largest absolute Gasteiger partial charge is 0.530 e. The first-order chi connectivity index (χ1) is 14.4. The summed E-state index contributed by atoms with van der Waals surface area (Å²) in [5.41, 5.74) is 0.942. The van der Waals surface area contributed by atoms with Crippen molar-refractivity contribution in [1.29, 1.82) is 0 Å². The van der Waals surface area contributed by atoms with Gasteiger partial charge in [0.05, 0.1) is 13.2 Å². The van der Waals surface area contributed by atoms with Crippen molar-refractivity contribution in [2.24, 2.45) is 5.92 Å². The Labute approximate surface area is 192 Å². The Morgan fingerprint density at radius 1 is 1.35 bits per heavy atom. The van der Waals surface area contributed by atoms with Crippen molar-refractivity contribution in [2.45, 2.75) is 58.9 Å². The van der Waals surface area contributed by atoms with Crippen LogP contribution in [0.5, 0.6) is 5.75 Å². The van der Waals surface area contributed by atoms with Gasteiger partial charge in [-0.2, -0.15) is 0 Å². The molecule has 1 aromatic carbocycles. The number of carbonyl (C=O) groups excluding carboxylic acids is 1. The molecule has 0 saturated heterocycles. The molecule has 0 saturated carbocycles. The van der Waals surface area contributed by atoms with Crippen LogP contribution < -0.4 is 15.2 Å². The van der Waals surface area contributed by atoms with Gasteiger partial charge in [-0.3, -0.25) is 0 Å². The molecule has 1 N–H and O–H groups in total. The van der Waals surface area contributed by atoms with Crippen LogP contribution in [0, 0.1) is 5.92 Å². The van der Waals surface area contributed by atoms with E-state index < -0.39 is 34.7 Å². The van der Waals surface area contributed by atoms with Gasteiger partial charge in [0.2, 0.25) is 0 Å². The minimum Gasteiger partial charge on any atom is -0.530 e. The third kappa shape index (κ3) is 6.49. The molecular weight excluding hydrogens is 459 g/mol. The average Bonchev–Trinajstić information content (AvgIpc) is 2.97. The summed E-state index contributed by atoms with van der Waals surface area (Å²) < 4.78 is 33.1. The smallest absolute Gasteiger partial charge is 0.275 e. The van der Waals surface area contributed by atoms with Crippen LogP contribution in [-0.4, -0.2) is 39.7 Å². The zero-order valence-corrected chi connectivity index (χ0v) is 21.4. The number of nitrogens with one attached hydrogen (secondary N) is 1. The highest BCUT2D eigenvalue weighted by Gasteiger charge is 2.40. The maximum absolute atomic E-state index is 13.9. The summed E-state index contributed by atoms with van der Waals surface area (Å²) in [6, 6.07) is 5.43. The predicted molar refractivity (Wildman–Crippen MR) is 123 cm³/mol. The Bertz CT molecular complexity index is 854. The molecule has 2 unspecified atom stereocenters. The van der Waals surface area contributed by atoms with Gasteiger partial charge in [0.15, 0.2) is 0 Å². The molecule has 1 aliphatic heterocycles. The predicted octanol–water partition coefficient (Wildman–Crippen LogP) is 3.25. The standard InChI is InChI=1S/C20H33N2O6PS2/c1-7-26-29(30,27-8-2)22(13-14(3)4)31(25)18(21-19(23)24)16-11-9-10-15-12-20(5,6)28-17(15)16/h9-11,14,18,21H,7-8,12-13H2,1-6H3,(H,23,24)/p-1. The van der Waals surface area contributed by atoms with Gasteiger partial charge >= 0.3 is 0 Å². The van der Waals surface area contributed by atoms with E-state index in [1.165, 1.54) is 4.08 Å². The minimum atomic E-state index is -3.13. The second-order valence-corrected chi connectivity index (χ2v) is 13.3. The molecule has 31 heavy (non-hydrogen) atoms. The number of rotatable bonds is 11. The van der Waals surface area contributed by atoms with Crippen molar-refractivity contribution in [3.63, 3.8) is 0 Å². The number of benzene rings is 1. The van der Waals surface area contributed by atoms with Crippen LogP contribution in [0.4, 0.5) is 4.79 Å². The van der Waals surface area contributed by atoms with Crippen LogP contribution in [0.25, 0.3) is 0 Å². The zero-order chi connectivity index (χ0) is 23.4. The van der Waals surface area contributed by atoms with Gasteiger partial charge in [-0.25, -0.2) is 4.21 Å². The van der Waals surface area contributed by atoms with Crippen LogP contribution in [0.15, 0.2) is 18.2 Å². The van der Waals surface area contributed by atoms with Crippen molar-refractivity contribution in [3.05, 3.63) is 29.3 Å². The lowest BCUT2D eigenvalue weighted by molar-refractivity contribution is -0.251. The average molecular weight is 492 g/mol. The summed E-state index contributed by atoms with van der Waals surface area (Å²) in [6.07, 6.45) is -0.884. The molecule has 2 rings (SSSR count). The van der Waals surface area contributed by atoms with Crippen LogP contribution in [-0.2, 0) is 38.3 Å². The summed E-state index contributed by atoms with van der Waals surface area (Å²) >= 11 is 5.71. The summed E-state index contributed by atoms with van der Waals surface area (Å²) in [6.45, 7) is 9.10. The van der Waals surface area contributed by atoms with Gasteiger partial charge in [-0.1, -0.05) is 32.0 Å². The quantitative estimate of drug-likeness (QED) is 0.474. The van der Waals surface area contributed by atoms with E-state index in [2.05, 4.69) is 5.32 Å².